The minimum Gasteiger partial charge on any atom is -0.481 e. The molecule has 1 aliphatic rings. The molecule has 5 nitrogen and oxygen atoms in total. The number of carboxylic acid groups (broad SMARTS) is 1. The van der Waals surface area contributed by atoms with Crippen LogP contribution in [0.2, 0.25) is 0 Å². The van der Waals surface area contributed by atoms with E-state index in [1.54, 1.807) is 24.3 Å². The number of carbonyl (C=O) groups is 2. The number of aliphatic carboxylic acids is 1. The van der Waals surface area contributed by atoms with Gasteiger partial charge in [-0.05, 0) is 30.4 Å². The summed E-state index contributed by atoms with van der Waals surface area (Å²) in [6.07, 6.45) is -0.412. The zero-order chi connectivity index (χ0) is 16.3. The third kappa shape index (κ3) is 3.69. The summed E-state index contributed by atoms with van der Waals surface area (Å²) >= 11 is 1.11. The first-order valence-corrected chi connectivity index (χ1v) is 8.19. The van der Waals surface area contributed by atoms with Gasteiger partial charge in [-0.15, -0.1) is 0 Å². The molecule has 120 valence electrons. The molecule has 0 spiro atoms. The van der Waals surface area contributed by atoms with E-state index in [1.807, 2.05) is 0 Å². The molecule has 0 amide bonds. The Labute approximate surface area is 133 Å². The standard InChI is InChI=1S/C16H20O5S/c1-10(17)22-9-6-13(18)14(19)11-2-4-12(5-3-11)16(7-8-16)15(20)21/h2-5,13-14,18-19H,6-9H2,1H3,(H,20,21). The predicted molar refractivity (Wildman–Crippen MR) is 83.7 cm³/mol. The number of hydrogen-bond acceptors (Lipinski definition) is 5. The highest BCUT2D eigenvalue weighted by atomic mass is 32.2. The molecule has 1 saturated carbocycles. The third-order valence-corrected chi connectivity index (χ3v) is 4.89. The zero-order valence-electron chi connectivity index (χ0n) is 12.4. The van der Waals surface area contributed by atoms with E-state index in [0.717, 1.165) is 17.3 Å². The van der Waals surface area contributed by atoms with Gasteiger partial charge in [0.05, 0.1) is 11.5 Å². The molecule has 2 rings (SSSR count). The highest BCUT2D eigenvalue weighted by molar-refractivity contribution is 8.13. The number of aliphatic hydroxyl groups is 2. The topological polar surface area (TPSA) is 94.8 Å². The Morgan fingerprint density at radius 2 is 1.82 bits per heavy atom. The molecule has 3 N–H and O–H groups in total. The summed E-state index contributed by atoms with van der Waals surface area (Å²) in [5.74, 6) is -0.365. The van der Waals surface area contributed by atoms with Crippen molar-refractivity contribution < 1.29 is 24.9 Å². The predicted octanol–water partition coefficient (Wildman–Crippen LogP) is 1.87. The average Bonchev–Trinajstić information content (AvgIpc) is 3.28. The molecule has 1 aromatic carbocycles. The molecule has 22 heavy (non-hydrogen) atoms. The van der Waals surface area contributed by atoms with Crippen molar-refractivity contribution in [1.29, 1.82) is 0 Å². The Hall–Kier alpha value is -1.37. The van der Waals surface area contributed by atoms with E-state index in [0.29, 0.717) is 30.6 Å². The van der Waals surface area contributed by atoms with Crippen molar-refractivity contribution in [2.45, 2.75) is 43.8 Å². The van der Waals surface area contributed by atoms with Crippen molar-refractivity contribution in [3.63, 3.8) is 0 Å². The van der Waals surface area contributed by atoms with Crippen LogP contribution in [0.25, 0.3) is 0 Å². The lowest BCUT2D eigenvalue weighted by atomic mass is 9.93. The summed E-state index contributed by atoms with van der Waals surface area (Å²) < 4.78 is 0. The summed E-state index contributed by atoms with van der Waals surface area (Å²) in [5, 5.41) is 29.3. The molecular weight excluding hydrogens is 304 g/mol. The fraction of sp³-hybridized carbons (Fsp3) is 0.500. The van der Waals surface area contributed by atoms with Crippen LogP contribution in [0.1, 0.15) is 43.4 Å². The zero-order valence-corrected chi connectivity index (χ0v) is 13.2. The number of carboxylic acids is 1. The van der Waals surface area contributed by atoms with Crippen LogP contribution in [0.3, 0.4) is 0 Å². The molecule has 0 bridgehead atoms. The Morgan fingerprint density at radius 1 is 1.23 bits per heavy atom. The number of carbonyl (C=O) groups excluding carboxylic acids is 1. The van der Waals surface area contributed by atoms with Crippen molar-refractivity contribution in [2.24, 2.45) is 0 Å². The fourth-order valence-corrected chi connectivity index (χ4v) is 3.10. The molecule has 1 aromatic rings. The van der Waals surface area contributed by atoms with Crippen LogP contribution < -0.4 is 0 Å². The van der Waals surface area contributed by atoms with Crippen molar-refractivity contribution in [3.05, 3.63) is 35.4 Å². The Bertz CT molecular complexity index is 550. The van der Waals surface area contributed by atoms with Crippen LogP contribution in [-0.4, -0.2) is 38.3 Å². The highest BCUT2D eigenvalue weighted by Gasteiger charge is 2.51. The maximum absolute atomic E-state index is 11.3. The summed E-state index contributed by atoms with van der Waals surface area (Å²) in [6, 6.07) is 6.72. The molecule has 1 fully saturated rings. The van der Waals surface area contributed by atoms with E-state index in [-0.39, 0.29) is 5.12 Å². The maximum Gasteiger partial charge on any atom is 0.314 e. The number of thioether (sulfide) groups is 1. The van der Waals surface area contributed by atoms with Gasteiger partial charge in [-0.3, -0.25) is 9.59 Å². The van der Waals surface area contributed by atoms with Gasteiger partial charge in [0.15, 0.2) is 5.12 Å². The second-order valence-electron chi connectivity index (χ2n) is 5.65. The lowest BCUT2D eigenvalue weighted by molar-refractivity contribution is -0.140. The van der Waals surface area contributed by atoms with Gasteiger partial charge in [-0.2, -0.15) is 0 Å². The van der Waals surface area contributed by atoms with E-state index in [1.165, 1.54) is 6.92 Å². The van der Waals surface area contributed by atoms with Crippen LogP contribution in [0.4, 0.5) is 0 Å². The number of hydrogen-bond donors (Lipinski definition) is 3. The van der Waals surface area contributed by atoms with E-state index in [9.17, 15) is 24.9 Å². The first kappa shape index (κ1) is 17.0. The molecule has 0 aliphatic heterocycles. The quantitative estimate of drug-likeness (QED) is 0.709. The second kappa shape index (κ2) is 6.81. The molecule has 1 aliphatic carbocycles. The van der Waals surface area contributed by atoms with Crippen molar-refractivity contribution in [2.75, 3.05) is 5.75 Å². The number of rotatable bonds is 7. The van der Waals surface area contributed by atoms with Gasteiger partial charge in [-0.25, -0.2) is 0 Å². The Balaban J connectivity index is 1.98. The fourth-order valence-electron chi connectivity index (χ4n) is 2.45. The Kier molecular flexibility index (Phi) is 5.26. The van der Waals surface area contributed by atoms with E-state index >= 15 is 0 Å². The van der Waals surface area contributed by atoms with Gasteiger partial charge < -0.3 is 15.3 Å². The minimum atomic E-state index is -1.04. The van der Waals surface area contributed by atoms with Gasteiger partial charge in [0.2, 0.25) is 0 Å². The highest BCUT2D eigenvalue weighted by Crippen LogP contribution is 2.48. The maximum atomic E-state index is 11.3. The molecule has 0 saturated heterocycles. The average molecular weight is 324 g/mol. The smallest absolute Gasteiger partial charge is 0.314 e. The first-order chi connectivity index (χ1) is 10.4. The lowest BCUT2D eigenvalue weighted by Crippen LogP contribution is -2.21. The Morgan fingerprint density at radius 3 is 2.27 bits per heavy atom. The van der Waals surface area contributed by atoms with Gasteiger partial charge in [0, 0.05) is 12.7 Å². The molecule has 0 heterocycles. The number of aliphatic hydroxyl groups excluding tert-OH is 2. The second-order valence-corrected chi connectivity index (χ2v) is 6.92. The van der Waals surface area contributed by atoms with Gasteiger partial charge in [0.25, 0.3) is 0 Å². The van der Waals surface area contributed by atoms with Crippen LogP contribution in [0.15, 0.2) is 24.3 Å². The molecular formula is C16H20O5S. The van der Waals surface area contributed by atoms with Crippen LogP contribution in [0.5, 0.6) is 0 Å². The van der Waals surface area contributed by atoms with E-state index in [4.69, 9.17) is 0 Å². The molecule has 6 heteroatoms. The van der Waals surface area contributed by atoms with Gasteiger partial charge >= 0.3 is 5.97 Å². The normalized spacial score (nSPS) is 18.5. The summed E-state index contributed by atoms with van der Waals surface area (Å²) in [5.41, 5.74) is 0.517. The minimum absolute atomic E-state index is 0.0190. The molecule has 0 aromatic heterocycles. The molecule has 2 atom stereocenters. The van der Waals surface area contributed by atoms with Crippen LogP contribution >= 0.6 is 11.8 Å². The summed E-state index contributed by atoms with van der Waals surface area (Å²) in [4.78, 5) is 22.1. The van der Waals surface area contributed by atoms with Gasteiger partial charge in [0.1, 0.15) is 6.10 Å². The SMILES string of the molecule is CC(=O)SCCC(O)C(O)c1ccc(C2(C(=O)O)CC2)cc1. The van der Waals surface area contributed by atoms with Gasteiger partial charge in [-0.1, -0.05) is 36.0 Å². The van der Waals surface area contributed by atoms with E-state index in [2.05, 4.69) is 0 Å². The van der Waals surface area contributed by atoms with Crippen LogP contribution in [-0.2, 0) is 15.0 Å². The first-order valence-electron chi connectivity index (χ1n) is 7.20. The monoisotopic (exact) mass is 324 g/mol. The van der Waals surface area contributed by atoms with Crippen LogP contribution in [0, 0.1) is 0 Å². The largest absolute Gasteiger partial charge is 0.481 e. The summed E-state index contributed by atoms with van der Waals surface area (Å²) in [7, 11) is 0. The van der Waals surface area contributed by atoms with Crippen molar-refractivity contribution >= 4 is 22.8 Å². The number of benzene rings is 1. The van der Waals surface area contributed by atoms with E-state index < -0.39 is 23.6 Å². The van der Waals surface area contributed by atoms with Crippen molar-refractivity contribution in [3.8, 4) is 0 Å². The van der Waals surface area contributed by atoms with Crippen molar-refractivity contribution in [1.82, 2.24) is 0 Å². The lowest BCUT2D eigenvalue weighted by Gasteiger charge is -2.19. The third-order valence-electron chi connectivity index (χ3n) is 4.05. The summed E-state index contributed by atoms with van der Waals surface area (Å²) in [6.45, 7) is 1.46. The molecule has 2 unspecified atom stereocenters. The molecule has 0 radical (unpaired) electrons.